The molecule has 3 heteroatoms. The number of carbonyl (C=O) groups is 1. The van der Waals surface area contributed by atoms with Crippen molar-refractivity contribution in [2.45, 2.75) is 26.2 Å². The van der Waals surface area contributed by atoms with Gasteiger partial charge < -0.3 is 4.57 Å². The minimum Gasteiger partial charge on any atom is -0.337 e. The number of imidazole rings is 1. The van der Waals surface area contributed by atoms with Crippen molar-refractivity contribution in [2.75, 3.05) is 0 Å². The molecule has 1 fully saturated rings. The lowest BCUT2D eigenvalue weighted by Gasteiger charge is -2.03. The highest BCUT2D eigenvalue weighted by atomic mass is 16.1. The first-order valence-electron chi connectivity index (χ1n) is 6.66. The van der Waals surface area contributed by atoms with Crippen LogP contribution in [0.1, 0.15) is 30.5 Å². The third kappa shape index (κ3) is 2.09. The molecule has 0 radical (unpaired) electrons. The number of rotatable bonds is 3. The van der Waals surface area contributed by atoms with Gasteiger partial charge in [0, 0.05) is 24.2 Å². The highest BCUT2D eigenvalue weighted by Gasteiger charge is 2.41. The molecule has 2 unspecified atom stereocenters. The van der Waals surface area contributed by atoms with Crippen LogP contribution in [0.5, 0.6) is 0 Å². The zero-order valence-electron chi connectivity index (χ0n) is 11.6. The van der Waals surface area contributed by atoms with Crippen LogP contribution in [0.25, 0.3) is 11.3 Å². The Hall–Kier alpha value is -1.90. The number of hydrogen-bond donors (Lipinski definition) is 0. The van der Waals surface area contributed by atoms with E-state index in [4.69, 9.17) is 0 Å². The second-order valence-corrected chi connectivity index (χ2v) is 5.47. The molecule has 1 aromatic heterocycles. The maximum absolute atomic E-state index is 11.3. The predicted molar refractivity (Wildman–Crippen MR) is 74.9 cm³/mol. The van der Waals surface area contributed by atoms with Gasteiger partial charge in [-0.2, -0.15) is 0 Å². The molecule has 1 aliphatic carbocycles. The van der Waals surface area contributed by atoms with Crippen molar-refractivity contribution in [2.24, 2.45) is 13.0 Å². The van der Waals surface area contributed by atoms with Gasteiger partial charge in [-0.05, 0) is 31.7 Å². The Morgan fingerprint density at radius 2 is 2.00 bits per heavy atom. The minimum atomic E-state index is 0.252. The maximum Gasteiger partial charge on any atom is 0.133 e. The van der Waals surface area contributed by atoms with Crippen molar-refractivity contribution in [1.82, 2.24) is 9.55 Å². The summed E-state index contributed by atoms with van der Waals surface area (Å²) in [5.74, 6) is 1.01. The molecule has 19 heavy (non-hydrogen) atoms. The van der Waals surface area contributed by atoms with Gasteiger partial charge in [0.2, 0.25) is 0 Å². The average molecular weight is 254 g/mol. The van der Waals surface area contributed by atoms with Gasteiger partial charge >= 0.3 is 0 Å². The number of aryl methyl sites for hydroxylation is 1. The van der Waals surface area contributed by atoms with Crippen LogP contribution in [-0.2, 0) is 11.8 Å². The van der Waals surface area contributed by atoms with Crippen LogP contribution in [0.4, 0.5) is 0 Å². The van der Waals surface area contributed by atoms with E-state index in [1.165, 1.54) is 11.3 Å². The van der Waals surface area contributed by atoms with E-state index < -0.39 is 0 Å². The Balaban J connectivity index is 1.84. The van der Waals surface area contributed by atoms with Crippen molar-refractivity contribution in [1.29, 1.82) is 0 Å². The second kappa shape index (κ2) is 4.34. The molecule has 0 aliphatic heterocycles. The normalized spacial score (nSPS) is 21.4. The number of Topliss-reactive ketones (excluding diaryl/α,β-unsaturated/α-hetero) is 1. The Morgan fingerprint density at radius 1 is 1.32 bits per heavy atom. The number of hydrogen-bond acceptors (Lipinski definition) is 2. The quantitative estimate of drug-likeness (QED) is 0.843. The van der Waals surface area contributed by atoms with Gasteiger partial charge in [-0.15, -0.1) is 0 Å². The standard InChI is InChI=1S/C16H18N2O/c1-10-16(17-9-18(10)3)13-6-4-12(5-7-13)15-8-14(15)11(2)19/h4-7,9,14-15H,8H2,1-3H3. The number of nitrogens with zero attached hydrogens (tertiary/aromatic N) is 2. The summed E-state index contributed by atoms with van der Waals surface area (Å²) in [5, 5.41) is 0. The number of carbonyl (C=O) groups excluding carboxylic acids is 1. The van der Waals surface area contributed by atoms with Gasteiger partial charge in [-0.25, -0.2) is 4.98 Å². The Morgan fingerprint density at radius 3 is 2.47 bits per heavy atom. The zero-order valence-corrected chi connectivity index (χ0v) is 11.6. The van der Waals surface area contributed by atoms with Gasteiger partial charge in [0.25, 0.3) is 0 Å². The lowest BCUT2D eigenvalue weighted by Crippen LogP contribution is -1.94. The van der Waals surface area contributed by atoms with E-state index in [1.54, 1.807) is 6.92 Å². The summed E-state index contributed by atoms with van der Waals surface area (Å²) >= 11 is 0. The van der Waals surface area contributed by atoms with Gasteiger partial charge in [0.15, 0.2) is 0 Å². The topological polar surface area (TPSA) is 34.9 Å². The molecular formula is C16H18N2O. The van der Waals surface area contributed by atoms with Gasteiger partial charge in [0.1, 0.15) is 5.78 Å². The lowest BCUT2D eigenvalue weighted by molar-refractivity contribution is -0.118. The molecular weight excluding hydrogens is 236 g/mol. The van der Waals surface area contributed by atoms with E-state index in [1.807, 2.05) is 17.9 Å². The highest BCUT2D eigenvalue weighted by molar-refractivity contribution is 5.82. The van der Waals surface area contributed by atoms with Crippen molar-refractivity contribution >= 4 is 5.78 Å². The molecule has 3 rings (SSSR count). The van der Waals surface area contributed by atoms with Crippen LogP contribution < -0.4 is 0 Å². The van der Waals surface area contributed by atoms with Crippen LogP contribution in [0.2, 0.25) is 0 Å². The molecule has 1 aromatic carbocycles. The Labute approximate surface area is 113 Å². The van der Waals surface area contributed by atoms with Crippen molar-refractivity contribution in [3.63, 3.8) is 0 Å². The van der Waals surface area contributed by atoms with E-state index in [-0.39, 0.29) is 5.92 Å². The number of aromatic nitrogens is 2. The average Bonchev–Trinajstić information content (AvgIpc) is 3.13. The Kier molecular flexibility index (Phi) is 2.77. The van der Waals surface area contributed by atoms with Crippen LogP contribution in [0.3, 0.4) is 0 Å². The predicted octanol–water partition coefficient (Wildman–Crippen LogP) is 3.09. The number of benzene rings is 1. The molecule has 2 atom stereocenters. The summed E-state index contributed by atoms with van der Waals surface area (Å²) in [6.45, 7) is 3.76. The lowest BCUT2D eigenvalue weighted by atomic mass is 10.0. The smallest absolute Gasteiger partial charge is 0.133 e. The zero-order chi connectivity index (χ0) is 13.6. The molecule has 0 N–H and O–H groups in total. The van der Waals surface area contributed by atoms with E-state index >= 15 is 0 Å². The third-order valence-electron chi connectivity index (χ3n) is 4.16. The van der Waals surface area contributed by atoms with E-state index in [0.717, 1.165) is 17.7 Å². The summed E-state index contributed by atoms with van der Waals surface area (Å²) in [7, 11) is 2.00. The Bertz CT molecular complexity index is 625. The molecule has 0 saturated heterocycles. The first-order valence-corrected chi connectivity index (χ1v) is 6.66. The molecule has 0 amide bonds. The SMILES string of the molecule is CC(=O)C1CC1c1ccc(-c2ncn(C)c2C)cc1. The van der Waals surface area contributed by atoms with E-state index in [2.05, 4.69) is 36.2 Å². The summed E-state index contributed by atoms with van der Waals surface area (Å²) in [6.07, 6.45) is 2.85. The van der Waals surface area contributed by atoms with E-state index in [0.29, 0.717) is 11.7 Å². The molecule has 1 saturated carbocycles. The largest absolute Gasteiger partial charge is 0.337 e. The van der Waals surface area contributed by atoms with Crippen LogP contribution in [0.15, 0.2) is 30.6 Å². The summed E-state index contributed by atoms with van der Waals surface area (Å²) in [5.41, 5.74) is 4.62. The van der Waals surface area contributed by atoms with Crippen molar-refractivity contribution < 1.29 is 4.79 Å². The molecule has 3 nitrogen and oxygen atoms in total. The molecule has 2 aromatic rings. The summed E-state index contributed by atoms with van der Waals surface area (Å²) in [4.78, 5) is 15.7. The summed E-state index contributed by atoms with van der Waals surface area (Å²) < 4.78 is 2.02. The fourth-order valence-corrected chi connectivity index (χ4v) is 2.68. The molecule has 0 bridgehead atoms. The van der Waals surface area contributed by atoms with Gasteiger partial charge in [0.05, 0.1) is 12.0 Å². The molecule has 1 aliphatic rings. The first kappa shape index (κ1) is 12.2. The minimum absolute atomic E-state index is 0.252. The molecule has 98 valence electrons. The fourth-order valence-electron chi connectivity index (χ4n) is 2.68. The fraction of sp³-hybridized carbons (Fsp3) is 0.375. The van der Waals surface area contributed by atoms with Crippen LogP contribution in [-0.4, -0.2) is 15.3 Å². The van der Waals surface area contributed by atoms with E-state index in [9.17, 15) is 4.79 Å². The second-order valence-electron chi connectivity index (χ2n) is 5.47. The highest BCUT2D eigenvalue weighted by Crippen LogP contribution is 2.48. The van der Waals surface area contributed by atoms with Gasteiger partial charge in [-0.3, -0.25) is 4.79 Å². The third-order valence-corrected chi connectivity index (χ3v) is 4.16. The summed E-state index contributed by atoms with van der Waals surface area (Å²) in [6, 6.07) is 8.49. The monoisotopic (exact) mass is 254 g/mol. The maximum atomic E-state index is 11.3. The number of ketones is 1. The molecule has 0 spiro atoms. The van der Waals surface area contributed by atoms with Crippen LogP contribution >= 0.6 is 0 Å². The van der Waals surface area contributed by atoms with Crippen molar-refractivity contribution in [3.8, 4) is 11.3 Å². The first-order chi connectivity index (χ1) is 9.08. The van der Waals surface area contributed by atoms with Crippen LogP contribution in [0, 0.1) is 12.8 Å². The van der Waals surface area contributed by atoms with Gasteiger partial charge in [-0.1, -0.05) is 24.3 Å². The molecule has 1 heterocycles. The van der Waals surface area contributed by atoms with Crippen molar-refractivity contribution in [3.05, 3.63) is 41.9 Å².